The average molecular weight is 309 g/mol. The van der Waals surface area contributed by atoms with Crippen molar-refractivity contribution in [2.45, 2.75) is 38.6 Å². The van der Waals surface area contributed by atoms with E-state index in [1.807, 2.05) is 0 Å². The van der Waals surface area contributed by atoms with Gasteiger partial charge in [-0.05, 0) is 32.1 Å². The first kappa shape index (κ1) is 15.5. The molecule has 0 saturated heterocycles. The van der Waals surface area contributed by atoms with Crippen molar-refractivity contribution in [3.63, 3.8) is 0 Å². The largest absolute Gasteiger partial charge is 0.476 e. The van der Waals surface area contributed by atoms with Crippen LogP contribution in [0.3, 0.4) is 0 Å². The van der Waals surface area contributed by atoms with Crippen LogP contribution in [0.25, 0.3) is 0 Å². The van der Waals surface area contributed by atoms with Gasteiger partial charge in [-0.25, -0.2) is 14.6 Å². The van der Waals surface area contributed by atoms with Gasteiger partial charge in [-0.2, -0.15) is 0 Å². The van der Waals surface area contributed by atoms with Crippen LogP contribution in [0.4, 0.5) is 4.79 Å². The molecule has 1 heterocycles. The predicted molar refractivity (Wildman–Crippen MR) is 80.5 cm³/mol. The van der Waals surface area contributed by atoms with E-state index in [2.05, 4.69) is 21.7 Å². The van der Waals surface area contributed by atoms with Crippen molar-refractivity contribution in [3.05, 3.63) is 27.7 Å². The van der Waals surface area contributed by atoms with E-state index in [-0.39, 0.29) is 18.3 Å². The Hall–Kier alpha value is -1.89. The first-order chi connectivity index (χ1) is 10.1. The molecule has 1 aliphatic carbocycles. The Morgan fingerprint density at radius 3 is 2.86 bits per heavy atom. The van der Waals surface area contributed by atoms with Gasteiger partial charge in [0.1, 0.15) is 5.01 Å². The van der Waals surface area contributed by atoms with Gasteiger partial charge in [0.2, 0.25) is 0 Å². The molecule has 1 aromatic rings. The summed E-state index contributed by atoms with van der Waals surface area (Å²) in [6.07, 6.45) is 7.97. The summed E-state index contributed by atoms with van der Waals surface area (Å²) in [6, 6.07) is -0.251. The molecular formula is C14H19N3O3S. The van der Waals surface area contributed by atoms with Gasteiger partial charge in [0.05, 0.1) is 6.54 Å². The van der Waals surface area contributed by atoms with E-state index < -0.39 is 5.97 Å². The molecule has 0 atom stereocenters. The number of amides is 2. The molecule has 1 aliphatic rings. The molecule has 0 radical (unpaired) electrons. The van der Waals surface area contributed by atoms with Gasteiger partial charge in [0, 0.05) is 11.9 Å². The van der Waals surface area contributed by atoms with Crippen molar-refractivity contribution >= 4 is 23.3 Å². The van der Waals surface area contributed by atoms with E-state index in [1.54, 1.807) is 0 Å². The summed E-state index contributed by atoms with van der Waals surface area (Å²) >= 11 is 1.22. The van der Waals surface area contributed by atoms with Crippen molar-refractivity contribution < 1.29 is 14.7 Å². The molecule has 0 saturated carbocycles. The van der Waals surface area contributed by atoms with Crippen LogP contribution in [-0.4, -0.2) is 28.6 Å². The second-order valence-corrected chi connectivity index (χ2v) is 5.84. The summed E-state index contributed by atoms with van der Waals surface area (Å²) in [5.74, 6) is -1.05. The number of carbonyl (C=O) groups is 2. The van der Waals surface area contributed by atoms with Crippen LogP contribution in [0.5, 0.6) is 0 Å². The summed E-state index contributed by atoms with van der Waals surface area (Å²) in [5, 5.41) is 16.3. The lowest BCUT2D eigenvalue weighted by Gasteiger charge is -2.13. The van der Waals surface area contributed by atoms with Crippen LogP contribution in [0, 0.1) is 0 Å². The van der Waals surface area contributed by atoms with Crippen molar-refractivity contribution in [1.29, 1.82) is 0 Å². The maximum Gasteiger partial charge on any atom is 0.355 e. The molecule has 0 spiro atoms. The highest BCUT2D eigenvalue weighted by molar-refractivity contribution is 7.09. The summed E-state index contributed by atoms with van der Waals surface area (Å²) in [4.78, 5) is 26.2. The van der Waals surface area contributed by atoms with Gasteiger partial charge in [-0.15, -0.1) is 11.3 Å². The Morgan fingerprint density at radius 1 is 1.33 bits per heavy atom. The molecule has 0 unspecified atom stereocenters. The molecule has 6 nitrogen and oxygen atoms in total. The van der Waals surface area contributed by atoms with Crippen LogP contribution >= 0.6 is 11.3 Å². The highest BCUT2D eigenvalue weighted by atomic mass is 32.1. The van der Waals surface area contributed by atoms with Crippen molar-refractivity contribution in [1.82, 2.24) is 15.6 Å². The number of hydrogen-bond acceptors (Lipinski definition) is 4. The van der Waals surface area contributed by atoms with Gasteiger partial charge in [-0.3, -0.25) is 0 Å². The van der Waals surface area contributed by atoms with Crippen LogP contribution < -0.4 is 10.6 Å². The minimum Gasteiger partial charge on any atom is -0.476 e. The average Bonchev–Trinajstić information content (AvgIpc) is 2.95. The molecule has 7 heteroatoms. The fourth-order valence-electron chi connectivity index (χ4n) is 2.18. The van der Waals surface area contributed by atoms with Crippen molar-refractivity contribution in [3.8, 4) is 0 Å². The molecule has 2 amide bonds. The van der Waals surface area contributed by atoms with E-state index in [0.717, 1.165) is 19.3 Å². The Labute approximate surface area is 127 Å². The van der Waals surface area contributed by atoms with Crippen LogP contribution in [0.1, 0.15) is 47.6 Å². The number of carboxylic acids is 1. The smallest absolute Gasteiger partial charge is 0.355 e. The van der Waals surface area contributed by atoms with Crippen molar-refractivity contribution in [2.75, 3.05) is 6.54 Å². The molecular weight excluding hydrogens is 290 g/mol. The summed E-state index contributed by atoms with van der Waals surface area (Å²) < 4.78 is 0. The Kier molecular flexibility index (Phi) is 5.74. The second kappa shape index (κ2) is 7.78. The van der Waals surface area contributed by atoms with Gasteiger partial charge in [0.15, 0.2) is 5.69 Å². The molecule has 2 rings (SSSR count). The number of allylic oxidation sites excluding steroid dienone is 1. The molecule has 1 aromatic heterocycles. The van der Waals surface area contributed by atoms with Gasteiger partial charge in [-0.1, -0.05) is 11.6 Å². The minimum absolute atomic E-state index is 0.0152. The topological polar surface area (TPSA) is 91.3 Å². The molecule has 0 aromatic carbocycles. The van der Waals surface area contributed by atoms with Crippen LogP contribution in [-0.2, 0) is 6.54 Å². The number of urea groups is 1. The number of nitrogens with one attached hydrogen (secondary N) is 2. The fourth-order valence-corrected chi connectivity index (χ4v) is 2.88. The number of thiazole rings is 1. The van der Waals surface area contributed by atoms with Crippen molar-refractivity contribution in [2.24, 2.45) is 0 Å². The van der Waals surface area contributed by atoms with Crippen LogP contribution in [0.2, 0.25) is 0 Å². The lowest BCUT2D eigenvalue weighted by atomic mass is 9.97. The lowest BCUT2D eigenvalue weighted by molar-refractivity contribution is 0.0691. The van der Waals surface area contributed by atoms with E-state index in [1.165, 1.54) is 35.1 Å². The Balaban J connectivity index is 1.64. The van der Waals surface area contributed by atoms with E-state index in [0.29, 0.717) is 11.6 Å². The highest BCUT2D eigenvalue weighted by Gasteiger charge is 2.09. The minimum atomic E-state index is -1.05. The van der Waals surface area contributed by atoms with Crippen LogP contribution in [0.15, 0.2) is 17.0 Å². The number of nitrogens with zero attached hydrogens (tertiary/aromatic N) is 1. The van der Waals surface area contributed by atoms with Gasteiger partial charge >= 0.3 is 12.0 Å². The molecule has 0 bridgehead atoms. The Bertz CT molecular complexity index is 539. The first-order valence-corrected chi connectivity index (χ1v) is 7.90. The predicted octanol–water partition coefficient (Wildman–Crippen LogP) is 2.53. The molecule has 114 valence electrons. The summed E-state index contributed by atoms with van der Waals surface area (Å²) in [5.41, 5.74) is 1.44. The third-order valence-electron chi connectivity index (χ3n) is 3.29. The Morgan fingerprint density at radius 2 is 2.19 bits per heavy atom. The summed E-state index contributed by atoms with van der Waals surface area (Å²) in [6.45, 7) is 0.863. The number of carbonyl (C=O) groups excluding carboxylic acids is 1. The standard InChI is InChI=1S/C14H19N3O3S/c18-13(19)11-9-21-12(17-11)8-16-14(20)15-7-6-10-4-2-1-3-5-10/h4,9H,1-3,5-8H2,(H,18,19)(H2,15,16,20). The zero-order valence-electron chi connectivity index (χ0n) is 11.7. The van der Waals surface area contributed by atoms with Gasteiger partial charge in [0.25, 0.3) is 0 Å². The maximum atomic E-state index is 11.6. The lowest BCUT2D eigenvalue weighted by Crippen LogP contribution is -2.35. The normalized spacial score (nSPS) is 14.4. The molecule has 21 heavy (non-hydrogen) atoms. The van der Waals surface area contributed by atoms with E-state index >= 15 is 0 Å². The second-order valence-electron chi connectivity index (χ2n) is 4.90. The number of aromatic nitrogens is 1. The zero-order valence-corrected chi connectivity index (χ0v) is 12.5. The van der Waals surface area contributed by atoms with Gasteiger partial charge < -0.3 is 15.7 Å². The SMILES string of the molecule is O=C(NCCC1=CCCCC1)NCc1nc(C(=O)O)cs1. The maximum absolute atomic E-state index is 11.6. The zero-order chi connectivity index (χ0) is 15.1. The highest BCUT2D eigenvalue weighted by Crippen LogP contribution is 2.19. The third-order valence-corrected chi connectivity index (χ3v) is 4.14. The monoisotopic (exact) mass is 309 g/mol. The summed E-state index contributed by atoms with van der Waals surface area (Å²) in [7, 11) is 0. The molecule has 3 N–H and O–H groups in total. The molecule has 0 aliphatic heterocycles. The third kappa shape index (κ3) is 5.18. The molecule has 0 fully saturated rings. The number of aromatic carboxylic acids is 1. The van der Waals surface area contributed by atoms with E-state index in [9.17, 15) is 9.59 Å². The first-order valence-electron chi connectivity index (χ1n) is 7.02. The number of hydrogen-bond donors (Lipinski definition) is 3. The quantitative estimate of drug-likeness (QED) is 0.704. The number of rotatable bonds is 6. The number of carboxylic acid groups (broad SMARTS) is 1. The van der Waals surface area contributed by atoms with E-state index in [4.69, 9.17) is 5.11 Å². The fraction of sp³-hybridized carbons (Fsp3) is 0.500.